The third-order valence-corrected chi connectivity index (χ3v) is 3.55. The lowest BCUT2D eigenvalue weighted by Gasteiger charge is -2.32. The van der Waals surface area contributed by atoms with Gasteiger partial charge in [0.25, 0.3) is 0 Å². The van der Waals surface area contributed by atoms with Gasteiger partial charge in [-0.25, -0.2) is 0 Å². The zero-order chi connectivity index (χ0) is 9.26. The highest BCUT2D eigenvalue weighted by Gasteiger charge is 2.32. The molecule has 0 amide bonds. The second kappa shape index (κ2) is 3.97. The van der Waals surface area contributed by atoms with Crippen LogP contribution in [0.5, 0.6) is 0 Å². The number of likely N-dealkylation sites (N-methyl/N-ethyl adjacent to an activating group) is 1. The van der Waals surface area contributed by atoms with Crippen molar-refractivity contribution < 1.29 is 0 Å². The van der Waals surface area contributed by atoms with Gasteiger partial charge >= 0.3 is 0 Å². The lowest BCUT2D eigenvalue weighted by atomic mass is 9.99. The molecule has 0 aromatic heterocycles. The smallest absolute Gasteiger partial charge is 0.0109 e. The van der Waals surface area contributed by atoms with Crippen molar-refractivity contribution in [2.75, 3.05) is 40.3 Å². The fourth-order valence-electron chi connectivity index (χ4n) is 2.84. The largest absolute Gasteiger partial charge is 0.308 e. The van der Waals surface area contributed by atoms with E-state index in [1.807, 2.05) is 0 Å². The average Bonchev–Trinajstić information content (AvgIpc) is 2.42. The van der Waals surface area contributed by atoms with Gasteiger partial charge in [0.15, 0.2) is 0 Å². The number of rotatable bonds is 3. The van der Waals surface area contributed by atoms with Gasteiger partial charge in [-0.3, -0.25) is 0 Å². The monoisotopic (exact) mass is 182 g/mol. The summed E-state index contributed by atoms with van der Waals surface area (Å²) in [6.07, 6.45) is 4.53. The highest BCUT2D eigenvalue weighted by molar-refractivity contribution is 4.85. The first-order valence-electron chi connectivity index (χ1n) is 5.61. The van der Waals surface area contributed by atoms with E-state index in [0.29, 0.717) is 0 Å². The molecule has 2 bridgehead atoms. The van der Waals surface area contributed by atoms with E-state index >= 15 is 0 Å². The van der Waals surface area contributed by atoms with Crippen LogP contribution in [0.25, 0.3) is 0 Å². The Balaban J connectivity index is 1.75. The van der Waals surface area contributed by atoms with Crippen LogP contribution in [0.1, 0.15) is 19.3 Å². The second-order valence-electron chi connectivity index (χ2n) is 5.11. The van der Waals surface area contributed by atoms with Crippen LogP contribution in [-0.4, -0.2) is 50.1 Å². The summed E-state index contributed by atoms with van der Waals surface area (Å²) in [5.74, 6) is 2.09. The van der Waals surface area contributed by atoms with Crippen molar-refractivity contribution in [1.29, 1.82) is 0 Å². The van der Waals surface area contributed by atoms with E-state index in [0.717, 1.165) is 11.8 Å². The standard InChI is InChI=1S/C11H22N2/c1-12(2)5-6-13-8-10-3-4-11(7-10)9-13/h10-11H,3-9H2,1-2H3. The van der Waals surface area contributed by atoms with Crippen molar-refractivity contribution in [3.63, 3.8) is 0 Å². The van der Waals surface area contributed by atoms with E-state index in [-0.39, 0.29) is 0 Å². The SMILES string of the molecule is CN(C)CCN1CC2CCC(C2)C1. The molecule has 0 radical (unpaired) electrons. The Morgan fingerprint density at radius 2 is 1.77 bits per heavy atom. The van der Waals surface area contributed by atoms with Crippen molar-refractivity contribution in [3.05, 3.63) is 0 Å². The Morgan fingerprint density at radius 3 is 2.31 bits per heavy atom. The highest BCUT2D eigenvalue weighted by atomic mass is 15.2. The molecule has 2 atom stereocenters. The highest BCUT2D eigenvalue weighted by Crippen LogP contribution is 2.35. The molecule has 0 aromatic carbocycles. The maximum absolute atomic E-state index is 2.67. The molecule has 76 valence electrons. The number of piperidine rings is 1. The van der Waals surface area contributed by atoms with Crippen LogP contribution >= 0.6 is 0 Å². The van der Waals surface area contributed by atoms with Crippen LogP contribution in [-0.2, 0) is 0 Å². The van der Waals surface area contributed by atoms with Crippen LogP contribution in [0.2, 0.25) is 0 Å². The van der Waals surface area contributed by atoms with E-state index in [1.165, 1.54) is 45.4 Å². The molecular weight excluding hydrogens is 160 g/mol. The van der Waals surface area contributed by atoms with E-state index in [9.17, 15) is 0 Å². The van der Waals surface area contributed by atoms with Crippen molar-refractivity contribution in [2.24, 2.45) is 11.8 Å². The van der Waals surface area contributed by atoms with Gasteiger partial charge in [-0.1, -0.05) is 0 Å². The third kappa shape index (κ3) is 2.44. The molecule has 1 saturated carbocycles. The lowest BCUT2D eigenvalue weighted by Crippen LogP contribution is -2.40. The quantitative estimate of drug-likeness (QED) is 0.649. The molecule has 2 rings (SSSR count). The van der Waals surface area contributed by atoms with Gasteiger partial charge < -0.3 is 9.80 Å². The Hall–Kier alpha value is -0.0800. The minimum atomic E-state index is 1.04. The Kier molecular flexibility index (Phi) is 2.89. The molecule has 1 saturated heterocycles. The van der Waals surface area contributed by atoms with Crippen LogP contribution in [0, 0.1) is 11.8 Å². The first kappa shape index (κ1) is 9.47. The third-order valence-electron chi connectivity index (χ3n) is 3.55. The summed E-state index contributed by atoms with van der Waals surface area (Å²) in [4.78, 5) is 4.96. The summed E-state index contributed by atoms with van der Waals surface area (Å²) in [6, 6.07) is 0. The van der Waals surface area contributed by atoms with Crippen LogP contribution in [0.15, 0.2) is 0 Å². The average molecular weight is 182 g/mol. The first-order valence-corrected chi connectivity index (χ1v) is 5.61. The maximum Gasteiger partial charge on any atom is 0.0109 e. The Labute approximate surface area is 81.9 Å². The Bertz CT molecular complexity index is 155. The van der Waals surface area contributed by atoms with Gasteiger partial charge in [-0.15, -0.1) is 0 Å². The topological polar surface area (TPSA) is 6.48 Å². The number of fused-ring (bicyclic) bond motifs is 2. The molecule has 2 heteroatoms. The van der Waals surface area contributed by atoms with E-state index in [4.69, 9.17) is 0 Å². The van der Waals surface area contributed by atoms with Crippen LogP contribution in [0.4, 0.5) is 0 Å². The number of likely N-dealkylation sites (tertiary alicyclic amines) is 1. The van der Waals surface area contributed by atoms with Crippen molar-refractivity contribution in [2.45, 2.75) is 19.3 Å². The van der Waals surface area contributed by atoms with Gasteiger partial charge in [0.05, 0.1) is 0 Å². The van der Waals surface area contributed by atoms with Gasteiger partial charge in [0, 0.05) is 26.2 Å². The lowest BCUT2D eigenvalue weighted by molar-refractivity contribution is 0.155. The summed E-state index contributed by atoms with van der Waals surface area (Å²) >= 11 is 0. The number of hydrogen-bond acceptors (Lipinski definition) is 2. The molecule has 0 aromatic rings. The minimum absolute atomic E-state index is 1.04. The molecule has 2 nitrogen and oxygen atoms in total. The second-order valence-corrected chi connectivity index (χ2v) is 5.11. The predicted molar refractivity (Wildman–Crippen MR) is 55.8 cm³/mol. The maximum atomic E-state index is 2.67. The summed E-state index contributed by atoms with van der Waals surface area (Å²) in [5.41, 5.74) is 0. The number of nitrogens with zero attached hydrogens (tertiary/aromatic N) is 2. The summed E-state index contributed by atoms with van der Waals surface area (Å²) < 4.78 is 0. The molecule has 1 aliphatic carbocycles. The molecule has 0 N–H and O–H groups in total. The van der Waals surface area contributed by atoms with Crippen LogP contribution in [0.3, 0.4) is 0 Å². The van der Waals surface area contributed by atoms with Crippen molar-refractivity contribution in [3.8, 4) is 0 Å². The molecule has 1 heterocycles. The van der Waals surface area contributed by atoms with Crippen LogP contribution < -0.4 is 0 Å². The molecule has 1 aliphatic heterocycles. The first-order chi connectivity index (χ1) is 6.24. The van der Waals surface area contributed by atoms with E-state index in [1.54, 1.807) is 0 Å². The van der Waals surface area contributed by atoms with Gasteiger partial charge in [0.1, 0.15) is 0 Å². The molecule has 0 spiro atoms. The predicted octanol–water partition coefficient (Wildman–Crippen LogP) is 1.28. The minimum Gasteiger partial charge on any atom is -0.308 e. The molecule has 2 fully saturated rings. The zero-order valence-electron chi connectivity index (χ0n) is 9.00. The molecular formula is C11H22N2. The van der Waals surface area contributed by atoms with Gasteiger partial charge in [-0.05, 0) is 45.2 Å². The fraction of sp³-hybridized carbons (Fsp3) is 1.00. The summed E-state index contributed by atoms with van der Waals surface area (Å²) in [5, 5.41) is 0. The molecule has 2 unspecified atom stereocenters. The molecule has 2 aliphatic rings. The fourth-order valence-corrected chi connectivity index (χ4v) is 2.84. The van der Waals surface area contributed by atoms with Gasteiger partial charge in [0.2, 0.25) is 0 Å². The number of hydrogen-bond donors (Lipinski definition) is 0. The van der Waals surface area contributed by atoms with Gasteiger partial charge in [-0.2, -0.15) is 0 Å². The molecule has 13 heavy (non-hydrogen) atoms. The normalized spacial score (nSPS) is 34.4. The summed E-state index contributed by atoms with van der Waals surface area (Å²) in [6.45, 7) is 5.26. The van der Waals surface area contributed by atoms with E-state index in [2.05, 4.69) is 23.9 Å². The van der Waals surface area contributed by atoms with E-state index < -0.39 is 0 Å². The zero-order valence-corrected chi connectivity index (χ0v) is 9.00. The van der Waals surface area contributed by atoms with Crippen molar-refractivity contribution >= 4 is 0 Å². The van der Waals surface area contributed by atoms with Crippen molar-refractivity contribution in [1.82, 2.24) is 9.80 Å². The Morgan fingerprint density at radius 1 is 1.15 bits per heavy atom. The summed E-state index contributed by atoms with van der Waals surface area (Å²) in [7, 11) is 4.33.